The van der Waals surface area contributed by atoms with E-state index in [0.29, 0.717) is 0 Å². The molecule has 4 aromatic rings. The lowest BCUT2D eigenvalue weighted by molar-refractivity contribution is 0.453. The maximum Gasteiger partial charge on any atom is 0.224 e. The Labute approximate surface area is 202 Å². The Morgan fingerprint density at radius 1 is 0.472 bits per heavy atom. The molecule has 0 aromatic carbocycles. The fourth-order valence-corrected chi connectivity index (χ4v) is 4.36. The largest absolute Gasteiger partial charge is 0.251 e. The van der Waals surface area contributed by atoms with E-state index < -0.39 is 46.3 Å². The topological polar surface area (TPSA) is 51.6 Å². The van der Waals surface area contributed by atoms with Gasteiger partial charge in [-0.1, -0.05) is 13.8 Å². The van der Waals surface area contributed by atoms with E-state index in [1.54, 1.807) is 13.8 Å². The highest BCUT2D eigenvalue weighted by atomic mass is 19.2. The monoisotopic (exact) mass is 500 g/mol. The predicted octanol–water partition coefficient (Wildman–Crippen LogP) is 6.40. The summed E-state index contributed by atoms with van der Waals surface area (Å²) >= 11 is 0. The van der Waals surface area contributed by atoms with Gasteiger partial charge in [0.15, 0.2) is 0 Å². The minimum Gasteiger partial charge on any atom is -0.251 e. The van der Waals surface area contributed by atoms with Crippen molar-refractivity contribution >= 4 is 0 Å². The van der Waals surface area contributed by atoms with Crippen LogP contribution < -0.4 is 0 Å². The van der Waals surface area contributed by atoms with Gasteiger partial charge in [-0.15, -0.1) is 0 Å². The van der Waals surface area contributed by atoms with Gasteiger partial charge >= 0.3 is 0 Å². The van der Waals surface area contributed by atoms with Gasteiger partial charge in [0.25, 0.3) is 0 Å². The second-order valence-electron chi connectivity index (χ2n) is 9.69. The van der Waals surface area contributed by atoms with Crippen LogP contribution in [0.3, 0.4) is 0 Å². The van der Waals surface area contributed by atoms with E-state index in [2.05, 4.69) is 19.9 Å². The Bertz CT molecular complexity index is 1450. The van der Waals surface area contributed by atoms with Crippen LogP contribution in [0, 0.1) is 35.4 Å². The van der Waals surface area contributed by atoms with Gasteiger partial charge in [0.2, 0.25) is 23.8 Å². The van der Waals surface area contributed by atoms with Crippen molar-refractivity contribution in [3.8, 4) is 22.5 Å². The van der Waals surface area contributed by atoms with E-state index in [0.717, 1.165) is 36.4 Å². The molecule has 36 heavy (non-hydrogen) atoms. The molecule has 1 aliphatic rings. The predicted molar refractivity (Wildman–Crippen MR) is 119 cm³/mol. The van der Waals surface area contributed by atoms with Crippen molar-refractivity contribution in [1.29, 1.82) is 0 Å². The maximum atomic E-state index is 15.0. The molecular formula is C26H18F6N4. The Morgan fingerprint density at radius 2 is 0.861 bits per heavy atom. The molecule has 4 aromatic heterocycles. The zero-order chi connectivity index (χ0) is 26.2. The number of pyridine rings is 4. The first-order chi connectivity index (χ1) is 16.8. The lowest BCUT2D eigenvalue weighted by Crippen LogP contribution is -2.26. The number of rotatable bonds is 0. The summed E-state index contributed by atoms with van der Waals surface area (Å²) in [6.07, 6.45) is 0. The van der Waals surface area contributed by atoms with Crippen molar-refractivity contribution in [2.24, 2.45) is 0 Å². The summed E-state index contributed by atoms with van der Waals surface area (Å²) in [6, 6.07) is 6.20. The van der Waals surface area contributed by atoms with Crippen molar-refractivity contribution in [2.75, 3.05) is 0 Å². The second-order valence-corrected chi connectivity index (χ2v) is 9.69. The number of nitrogens with zero attached hydrogens (tertiary/aromatic N) is 4. The van der Waals surface area contributed by atoms with Gasteiger partial charge in [0.1, 0.15) is 11.6 Å². The molecule has 1 aliphatic heterocycles. The van der Waals surface area contributed by atoms with Gasteiger partial charge in [-0.2, -0.15) is 27.5 Å². The van der Waals surface area contributed by atoms with Crippen molar-refractivity contribution in [3.63, 3.8) is 0 Å². The molecule has 0 amide bonds. The van der Waals surface area contributed by atoms with Crippen LogP contribution in [0.1, 0.15) is 50.2 Å². The fraction of sp³-hybridized carbons (Fsp3) is 0.231. The van der Waals surface area contributed by atoms with Crippen LogP contribution in [0.25, 0.3) is 22.5 Å². The lowest BCUT2D eigenvalue weighted by atomic mass is 9.77. The first-order valence-corrected chi connectivity index (χ1v) is 10.9. The average molecular weight is 500 g/mol. The summed E-state index contributed by atoms with van der Waals surface area (Å²) in [6.45, 7) is 5.96. The van der Waals surface area contributed by atoms with Crippen LogP contribution in [-0.2, 0) is 10.8 Å². The van der Waals surface area contributed by atoms with Crippen molar-refractivity contribution in [3.05, 3.63) is 94.3 Å². The first-order valence-electron chi connectivity index (χ1n) is 10.9. The number of halogens is 6. The van der Waals surface area contributed by atoms with Gasteiger partial charge in [-0.3, -0.25) is 9.97 Å². The Balaban J connectivity index is 1.97. The molecular weight excluding hydrogens is 482 g/mol. The third-order valence-electron chi connectivity index (χ3n) is 6.62. The van der Waals surface area contributed by atoms with Crippen molar-refractivity contribution in [2.45, 2.75) is 38.5 Å². The fourth-order valence-electron chi connectivity index (χ4n) is 4.36. The lowest BCUT2D eigenvalue weighted by Gasteiger charge is -2.28. The highest BCUT2D eigenvalue weighted by molar-refractivity contribution is 5.64. The Hall–Kier alpha value is -3.82. The van der Waals surface area contributed by atoms with E-state index in [1.165, 1.54) is 13.8 Å². The molecule has 0 saturated heterocycles. The van der Waals surface area contributed by atoms with E-state index in [9.17, 15) is 26.3 Å². The van der Waals surface area contributed by atoms with E-state index in [4.69, 9.17) is 0 Å². The van der Waals surface area contributed by atoms with Crippen LogP contribution in [-0.4, -0.2) is 19.9 Å². The summed E-state index contributed by atoms with van der Waals surface area (Å²) in [5.74, 6) is -6.59. The van der Waals surface area contributed by atoms with E-state index in [1.807, 2.05) is 0 Å². The third kappa shape index (κ3) is 3.63. The van der Waals surface area contributed by atoms with E-state index in [-0.39, 0.29) is 45.0 Å². The molecule has 0 saturated carbocycles. The minimum atomic E-state index is -1.57. The second kappa shape index (κ2) is 7.84. The van der Waals surface area contributed by atoms with Crippen LogP contribution >= 0.6 is 0 Å². The summed E-state index contributed by atoms with van der Waals surface area (Å²) in [5, 5.41) is 0. The molecule has 0 N–H and O–H groups in total. The molecule has 0 aliphatic carbocycles. The molecule has 5 heterocycles. The van der Waals surface area contributed by atoms with Crippen molar-refractivity contribution in [1.82, 2.24) is 19.9 Å². The van der Waals surface area contributed by atoms with Crippen LogP contribution in [0.15, 0.2) is 36.4 Å². The SMILES string of the molecule is CC1(C)c2cc(F)cc(n2)-c2cc(c(F)nc2F)C(C)(C)c2cc(c(F)nc2F)-c2cc(F)cc1n2. The zero-order valence-electron chi connectivity index (χ0n) is 19.5. The normalized spacial score (nSPS) is 15.4. The van der Waals surface area contributed by atoms with Crippen molar-refractivity contribution < 1.29 is 26.3 Å². The molecule has 10 heteroatoms. The molecule has 8 bridgehead atoms. The smallest absolute Gasteiger partial charge is 0.224 e. The molecule has 0 fully saturated rings. The third-order valence-corrected chi connectivity index (χ3v) is 6.62. The molecule has 0 atom stereocenters. The first kappa shape index (κ1) is 23.9. The molecule has 5 rings (SSSR count). The highest BCUT2D eigenvalue weighted by Crippen LogP contribution is 2.40. The van der Waals surface area contributed by atoms with Gasteiger partial charge in [-0.25, -0.2) is 8.78 Å². The average Bonchev–Trinajstić information content (AvgIpc) is 2.77. The summed E-state index contributed by atoms with van der Waals surface area (Å²) in [5.41, 5.74) is -4.33. The number of aromatic nitrogens is 4. The highest BCUT2D eigenvalue weighted by Gasteiger charge is 2.35. The molecule has 0 radical (unpaired) electrons. The van der Waals surface area contributed by atoms with Gasteiger partial charge < -0.3 is 0 Å². The molecule has 184 valence electrons. The van der Waals surface area contributed by atoms with Crippen LogP contribution in [0.4, 0.5) is 26.3 Å². The summed E-state index contributed by atoms with van der Waals surface area (Å²) < 4.78 is 89.2. The number of fused-ring (bicyclic) bond motifs is 10. The Morgan fingerprint density at radius 3 is 1.25 bits per heavy atom. The summed E-state index contributed by atoms with van der Waals surface area (Å²) in [4.78, 5) is 15.4. The number of hydrogen-bond donors (Lipinski definition) is 0. The Kier molecular flexibility index (Phi) is 5.21. The van der Waals surface area contributed by atoms with E-state index >= 15 is 0 Å². The van der Waals surface area contributed by atoms with Gasteiger partial charge in [0.05, 0.1) is 33.9 Å². The van der Waals surface area contributed by atoms with Crippen LogP contribution in [0.2, 0.25) is 0 Å². The standard InChI is InChI=1S/C26H18F6N4/c1-25(2)15-9-13(21(29)35-23(15)31)17-5-11(27)7-19(33-17)26(3,4)20-8-12(28)6-18(34-20)14-10-16(25)24(32)36-22(14)30/h5-10H,1-4H3. The van der Waals surface area contributed by atoms with Crippen LogP contribution in [0.5, 0.6) is 0 Å². The summed E-state index contributed by atoms with van der Waals surface area (Å²) in [7, 11) is 0. The van der Waals surface area contributed by atoms with Gasteiger partial charge in [-0.05, 0) is 38.1 Å². The quantitative estimate of drug-likeness (QED) is 0.207. The van der Waals surface area contributed by atoms with Gasteiger partial charge in [0, 0.05) is 34.1 Å². The molecule has 0 spiro atoms. The number of hydrogen-bond acceptors (Lipinski definition) is 4. The zero-order valence-corrected chi connectivity index (χ0v) is 19.5. The molecule has 4 nitrogen and oxygen atoms in total. The minimum absolute atomic E-state index is 0.0570. The maximum absolute atomic E-state index is 15.0. The molecule has 0 unspecified atom stereocenters.